The third-order valence-electron chi connectivity index (χ3n) is 4.02. The Labute approximate surface area is 120 Å². The number of hydrogen-bond donors (Lipinski definition) is 2. The molecule has 1 fully saturated rings. The van der Waals surface area contributed by atoms with Crippen molar-refractivity contribution < 1.29 is 4.79 Å². The van der Waals surface area contributed by atoms with Crippen molar-refractivity contribution in [1.29, 1.82) is 0 Å². The monoisotopic (exact) mass is 276 g/mol. The number of carbonyl (C=O) groups excluding carboxylic acids is 1. The zero-order valence-electron chi connectivity index (χ0n) is 12.2. The lowest BCUT2D eigenvalue weighted by Crippen LogP contribution is -2.48. The molecule has 1 aliphatic rings. The van der Waals surface area contributed by atoms with Crippen molar-refractivity contribution in [2.45, 2.75) is 38.8 Å². The average Bonchev–Trinajstić information content (AvgIpc) is 2.48. The maximum absolute atomic E-state index is 12.0. The zero-order valence-corrected chi connectivity index (χ0v) is 12.2. The zero-order chi connectivity index (χ0) is 14.5. The number of nitrogens with one attached hydrogen (secondary N) is 1. The fraction of sp³-hybridized carbons (Fsp3) is 0.600. The van der Waals surface area contributed by atoms with E-state index in [4.69, 9.17) is 5.73 Å². The van der Waals surface area contributed by atoms with Gasteiger partial charge in [0.1, 0.15) is 5.82 Å². The first kappa shape index (κ1) is 14.8. The second-order valence-corrected chi connectivity index (χ2v) is 5.61. The van der Waals surface area contributed by atoms with Crippen molar-refractivity contribution in [1.82, 2.24) is 10.3 Å². The molecule has 110 valence electrons. The van der Waals surface area contributed by atoms with E-state index >= 15 is 0 Å². The summed E-state index contributed by atoms with van der Waals surface area (Å²) in [6.07, 6.45) is 3.72. The van der Waals surface area contributed by atoms with Crippen LogP contribution in [0.25, 0.3) is 0 Å². The van der Waals surface area contributed by atoms with E-state index in [1.807, 2.05) is 38.2 Å². The Morgan fingerprint density at radius 1 is 1.40 bits per heavy atom. The minimum atomic E-state index is -0.135. The van der Waals surface area contributed by atoms with E-state index in [0.29, 0.717) is 0 Å². The highest BCUT2D eigenvalue weighted by Crippen LogP contribution is 2.17. The van der Waals surface area contributed by atoms with Crippen LogP contribution in [0.5, 0.6) is 0 Å². The number of rotatable bonds is 4. The Morgan fingerprint density at radius 3 is 2.65 bits per heavy atom. The summed E-state index contributed by atoms with van der Waals surface area (Å²) in [5.74, 6) is 0.946. The van der Waals surface area contributed by atoms with Gasteiger partial charge in [-0.1, -0.05) is 13.0 Å². The summed E-state index contributed by atoms with van der Waals surface area (Å²) < 4.78 is 0. The Balaban J connectivity index is 1.81. The van der Waals surface area contributed by atoms with Gasteiger partial charge in [-0.25, -0.2) is 4.98 Å². The van der Waals surface area contributed by atoms with Gasteiger partial charge in [-0.2, -0.15) is 0 Å². The van der Waals surface area contributed by atoms with Crippen LogP contribution in [0.1, 0.15) is 26.7 Å². The van der Waals surface area contributed by atoms with Crippen LogP contribution in [0.2, 0.25) is 0 Å². The molecule has 0 saturated carbocycles. The van der Waals surface area contributed by atoms with Crippen molar-refractivity contribution in [3.8, 4) is 0 Å². The molecule has 3 N–H and O–H groups in total. The van der Waals surface area contributed by atoms with E-state index in [-0.39, 0.29) is 23.9 Å². The largest absolute Gasteiger partial charge is 0.356 e. The number of nitrogens with zero attached hydrogens (tertiary/aromatic N) is 2. The summed E-state index contributed by atoms with van der Waals surface area (Å²) >= 11 is 0. The third-order valence-corrected chi connectivity index (χ3v) is 4.02. The predicted molar refractivity (Wildman–Crippen MR) is 80.4 cm³/mol. The molecule has 5 nitrogen and oxygen atoms in total. The quantitative estimate of drug-likeness (QED) is 0.865. The molecule has 0 bridgehead atoms. The Bertz CT molecular complexity index is 427. The van der Waals surface area contributed by atoms with Crippen molar-refractivity contribution in [2.75, 3.05) is 18.0 Å². The summed E-state index contributed by atoms with van der Waals surface area (Å²) in [6, 6.07) is 6.09. The molecule has 0 aliphatic carbocycles. The second kappa shape index (κ2) is 6.70. The van der Waals surface area contributed by atoms with Gasteiger partial charge in [0.05, 0.1) is 0 Å². The number of hydrogen-bond acceptors (Lipinski definition) is 4. The summed E-state index contributed by atoms with van der Waals surface area (Å²) in [5.41, 5.74) is 5.76. The first-order chi connectivity index (χ1) is 9.58. The molecular formula is C15H24N4O. The number of amides is 1. The molecule has 1 aromatic heterocycles. The molecular weight excluding hydrogens is 252 g/mol. The van der Waals surface area contributed by atoms with Gasteiger partial charge in [-0.3, -0.25) is 4.79 Å². The van der Waals surface area contributed by atoms with Crippen molar-refractivity contribution >= 4 is 11.7 Å². The molecule has 1 aromatic rings. The minimum absolute atomic E-state index is 0.0660. The van der Waals surface area contributed by atoms with Crippen molar-refractivity contribution in [3.63, 3.8) is 0 Å². The van der Waals surface area contributed by atoms with Crippen LogP contribution in [0, 0.1) is 5.92 Å². The topological polar surface area (TPSA) is 71.2 Å². The third kappa shape index (κ3) is 3.70. The van der Waals surface area contributed by atoms with E-state index in [1.165, 1.54) is 0 Å². The lowest BCUT2D eigenvalue weighted by molar-refractivity contribution is -0.125. The maximum atomic E-state index is 12.0. The maximum Gasteiger partial charge on any atom is 0.224 e. The lowest BCUT2D eigenvalue weighted by atomic mass is 10.0. The highest BCUT2D eigenvalue weighted by Gasteiger charge is 2.24. The molecule has 2 unspecified atom stereocenters. The molecule has 20 heavy (non-hydrogen) atoms. The van der Waals surface area contributed by atoms with Crippen molar-refractivity contribution in [2.24, 2.45) is 11.7 Å². The van der Waals surface area contributed by atoms with E-state index in [0.717, 1.165) is 31.7 Å². The lowest BCUT2D eigenvalue weighted by Gasteiger charge is -2.33. The SMILES string of the molecule is CC(N)C(C)C(=O)NC1CCN(c2ccccn2)CC1. The van der Waals surface area contributed by atoms with Crippen molar-refractivity contribution in [3.05, 3.63) is 24.4 Å². The minimum Gasteiger partial charge on any atom is -0.356 e. The van der Waals surface area contributed by atoms with Gasteiger partial charge in [0.2, 0.25) is 5.91 Å². The van der Waals surface area contributed by atoms with E-state index in [9.17, 15) is 4.79 Å². The molecule has 0 radical (unpaired) electrons. The molecule has 2 atom stereocenters. The van der Waals surface area contributed by atoms with Gasteiger partial charge >= 0.3 is 0 Å². The molecule has 5 heteroatoms. The number of carbonyl (C=O) groups is 1. The smallest absolute Gasteiger partial charge is 0.224 e. The summed E-state index contributed by atoms with van der Waals surface area (Å²) in [6.45, 7) is 5.60. The Hall–Kier alpha value is -1.62. The van der Waals surface area contributed by atoms with Crippen LogP contribution < -0.4 is 16.0 Å². The Morgan fingerprint density at radius 2 is 2.10 bits per heavy atom. The van der Waals surface area contributed by atoms with Gasteiger partial charge in [-0.05, 0) is 31.9 Å². The van der Waals surface area contributed by atoms with Gasteiger partial charge in [0, 0.05) is 37.3 Å². The first-order valence-electron chi connectivity index (χ1n) is 7.30. The highest BCUT2D eigenvalue weighted by atomic mass is 16.1. The van der Waals surface area contributed by atoms with Gasteiger partial charge < -0.3 is 16.0 Å². The van der Waals surface area contributed by atoms with Crippen LogP contribution in [-0.2, 0) is 4.79 Å². The second-order valence-electron chi connectivity index (χ2n) is 5.61. The first-order valence-corrected chi connectivity index (χ1v) is 7.30. The fourth-order valence-corrected chi connectivity index (χ4v) is 2.37. The Kier molecular flexibility index (Phi) is 4.95. The number of pyridine rings is 1. The predicted octanol–water partition coefficient (Wildman–Crippen LogP) is 1.15. The summed E-state index contributed by atoms with van der Waals surface area (Å²) in [4.78, 5) is 18.6. The van der Waals surface area contributed by atoms with Gasteiger partial charge in [0.25, 0.3) is 0 Å². The molecule has 1 amide bonds. The number of aromatic nitrogens is 1. The molecule has 1 saturated heterocycles. The fourth-order valence-electron chi connectivity index (χ4n) is 2.37. The van der Waals surface area contributed by atoms with Crippen LogP contribution in [0.15, 0.2) is 24.4 Å². The van der Waals surface area contributed by atoms with E-state index in [2.05, 4.69) is 15.2 Å². The van der Waals surface area contributed by atoms with Crippen LogP contribution in [0.3, 0.4) is 0 Å². The highest BCUT2D eigenvalue weighted by molar-refractivity contribution is 5.79. The van der Waals surface area contributed by atoms with Crippen LogP contribution >= 0.6 is 0 Å². The number of piperidine rings is 1. The number of nitrogens with two attached hydrogens (primary N) is 1. The van der Waals surface area contributed by atoms with Crippen LogP contribution in [0.4, 0.5) is 5.82 Å². The molecule has 2 rings (SSSR count). The van der Waals surface area contributed by atoms with E-state index in [1.54, 1.807) is 0 Å². The average molecular weight is 276 g/mol. The molecule has 2 heterocycles. The molecule has 1 aliphatic heterocycles. The molecule has 0 aromatic carbocycles. The van der Waals surface area contributed by atoms with Gasteiger partial charge in [0.15, 0.2) is 0 Å². The van der Waals surface area contributed by atoms with Gasteiger partial charge in [-0.15, -0.1) is 0 Å². The standard InChI is InChI=1S/C15H24N4O/c1-11(12(2)16)15(20)18-13-6-9-19(10-7-13)14-5-3-4-8-17-14/h3-5,8,11-13H,6-7,9-10,16H2,1-2H3,(H,18,20). The summed E-state index contributed by atoms with van der Waals surface area (Å²) in [5, 5.41) is 3.11. The van der Waals surface area contributed by atoms with Crippen LogP contribution in [-0.4, -0.2) is 36.1 Å². The summed E-state index contributed by atoms with van der Waals surface area (Å²) in [7, 11) is 0. The number of anilines is 1. The normalized spacial score (nSPS) is 19.4. The molecule has 0 spiro atoms. The van der Waals surface area contributed by atoms with E-state index < -0.39 is 0 Å².